The zero-order chi connectivity index (χ0) is 18.7. The van der Waals surface area contributed by atoms with Crippen molar-refractivity contribution < 1.29 is 13.2 Å². The minimum absolute atomic E-state index is 0.209. The van der Waals surface area contributed by atoms with Crippen LogP contribution in [0, 0.1) is 13.8 Å². The first-order valence-corrected chi connectivity index (χ1v) is 10.3. The van der Waals surface area contributed by atoms with E-state index in [1.807, 2.05) is 26.0 Å². The molecule has 0 aromatic heterocycles. The Labute approximate surface area is 155 Å². The van der Waals surface area contributed by atoms with Gasteiger partial charge in [-0.2, -0.15) is 4.31 Å². The molecule has 1 saturated heterocycles. The van der Waals surface area contributed by atoms with E-state index >= 15 is 0 Å². The second-order valence-electron chi connectivity index (χ2n) is 6.74. The first kappa shape index (κ1) is 18.6. The van der Waals surface area contributed by atoms with Crippen LogP contribution in [0.1, 0.15) is 40.7 Å². The normalized spacial score (nSPS) is 15.6. The molecule has 1 amide bonds. The fraction of sp³-hybridized carbons (Fsp3) is 0.350. The van der Waals surface area contributed by atoms with E-state index < -0.39 is 10.0 Å². The molecule has 0 bridgehead atoms. The number of aryl methyl sites for hydroxylation is 2. The Morgan fingerprint density at radius 1 is 0.923 bits per heavy atom. The lowest BCUT2D eigenvalue weighted by molar-refractivity contribution is 0.102. The summed E-state index contributed by atoms with van der Waals surface area (Å²) in [7, 11) is -3.45. The molecule has 1 heterocycles. The number of piperidine rings is 1. The minimum Gasteiger partial charge on any atom is -0.322 e. The van der Waals surface area contributed by atoms with Crippen molar-refractivity contribution in [2.75, 3.05) is 18.4 Å². The number of amides is 1. The fourth-order valence-corrected chi connectivity index (χ4v) is 4.57. The summed E-state index contributed by atoms with van der Waals surface area (Å²) >= 11 is 0. The van der Waals surface area contributed by atoms with Crippen LogP contribution in [-0.4, -0.2) is 31.7 Å². The molecular formula is C20H24N2O3S. The predicted molar refractivity (Wildman–Crippen MR) is 103 cm³/mol. The van der Waals surface area contributed by atoms with Crippen LogP contribution in [0.2, 0.25) is 0 Å². The summed E-state index contributed by atoms with van der Waals surface area (Å²) in [6, 6.07) is 11.9. The molecule has 26 heavy (non-hydrogen) atoms. The van der Waals surface area contributed by atoms with Gasteiger partial charge in [0.1, 0.15) is 0 Å². The number of nitrogens with one attached hydrogen (secondary N) is 1. The maximum atomic E-state index is 12.7. The second-order valence-corrected chi connectivity index (χ2v) is 8.68. The van der Waals surface area contributed by atoms with Gasteiger partial charge in [-0.05, 0) is 74.2 Å². The van der Waals surface area contributed by atoms with Gasteiger partial charge in [-0.3, -0.25) is 4.79 Å². The molecule has 0 unspecified atom stereocenters. The van der Waals surface area contributed by atoms with E-state index in [0.717, 1.165) is 30.4 Å². The maximum absolute atomic E-state index is 12.7. The van der Waals surface area contributed by atoms with Gasteiger partial charge >= 0.3 is 0 Å². The predicted octanol–water partition coefficient (Wildman–Crippen LogP) is 3.73. The van der Waals surface area contributed by atoms with Gasteiger partial charge in [-0.1, -0.05) is 12.5 Å². The van der Waals surface area contributed by atoms with Crippen LogP contribution in [-0.2, 0) is 10.0 Å². The number of anilines is 1. The largest absolute Gasteiger partial charge is 0.322 e. The molecule has 1 N–H and O–H groups in total. The number of rotatable bonds is 4. The number of nitrogens with zero attached hydrogens (tertiary/aromatic N) is 1. The summed E-state index contributed by atoms with van der Waals surface area (Å²) in [5, 5.41) is 2.82. The molecule has 0 aliphatic carbocycles. The van der Waals surface area contributed by atoms with Crippen LogP contribution in [0.25, 0.3) is 0 Å². The Hall–Kier alpha value is -2.18. The number of hydrogen-bond acceptors (Lipinski definition) is 3. The highest BCUT2D eigenvalue weighted by Crippen LogP contribution is 2.22. The lowest BCUT2D eigenvalue weighted by atomic mass is 10.1. The zero-order valence-electron chi connectivity index (χ0n) is 15.2. The Kier molecular flexibility index (Phi) is 5.44. The molecule has 1 aliphatic heterocycles. The van der Waals surface area contributed by atoms with E-state index in [4.69, 9.17) is 0 Å². The molecule has 0 saturated carbocycles. The summed E-state index contributed by atoms with van der Waals surface area (Å²) in [4.78, 5) is 12.6. The number of hydrogen-bond donors (Lipinski definition) is 1. The quantitative estimate of drug-likeness (QED) is 0.889. The first-order valence-electron chi connectivity index (χ1n) is 8.87. The SMILES string of the molecule is Cc1ccc(C(=O)Nc2ccc(S(=O)(=O)N3CCCCC3)cc2)cc1C. The first-order chi connectivity index (χ1) is 12.4. The minimum atomic E-state index is -3.45. The number of carbonyl (C=O) groups excluding carboxylic acids is 1. The van der Waals surface area contributed by atoms with E-state index in [1.54, 1.807) is 34.6 Å². The molecule has 1 aliphatic rings. The average molecular weight is 372 g/mol. The van der Waals surface area contributed by atoms with Gasteiger partial charge in [0.05, 0.1) is 4.90 Å². The van der Waals surface area contributed by atoms with Crippen LogP contribution >= 0.6 is 0 Å². The Bertz CT molecular complexity index is 899. The van der Waals surface area contributed by atoms with Crippen molar-refractivity contribution in [1.29, 1.82) is 0 Å². The third-order valence-electron chi connectivity index (χ3n) is 4.83. The van der Waals surface area contributed by atoms with E-state index in [-0.39, 0.29) is 10.8 Å². The highest BCUT2D eigenvalue weighted by atomic mass is 32.2. The van der Waals surface area contributed by atoms with E-state index in [9.17, 15) is 13.2 Å². The lowest BCUT2D eigenvalue weighted by Gasteiger charge is -2.25. The molecule has 3 rings (SSSR count). The van der Waals surface area contributed by atoms with Gasteiger partial charge in [0.25, 0.3) is 5.91 Å². The van der Waals surface area contributed by atoms with Crippen LogP contribution in [0.3, 0.4) is 0 Å². The van der Waals surface area contributed by atoms with Crippen molar-refractivity contribution in [3.05, 3.63) is 59.2 Å². The maximum Gasteiger partial charge on any atom is 0.255 e. The Morgan fingerprint density at radius 3 is 2.19 bits per heavy atom. The summed E-state index contributed by atoms with van der Waals surface area (Å²) < 4.78 is 26.8. The van der Waals surface area contributed by atoms with E-state index in [1.165, 1.54) is 0 Å². The topological polar surface area (TPSA) is 66.5 Å². The van der Waals surface area contributed by atoms with Crippen molar-refractivity contribution in [3.8, 4) is 0 Å². The van der Waals surface area contributed by atoms with Crippen LogP contribution in [0.15, 0.2) is 47.4 Å². The van der Waals surface area contributed by atoms with E-state index in [0.29, 0.717) is 24.3 Å². The number of sulfonamides is 1. The van der Waals surface area contributed by atoms with Gasteiger partial charge in [0.2, 0.25) is 10.0 Å². The van der Waals surface area contributed by atoms with Gasteiger partial charge in [-0.15, -0.1) is 0 Å². The summed E-state index contributed by atoms with van der Waals surface area (Å²) in [6.45, 7) is 5.12. The molecule has 1 fully saturated rings. The lowest BCUT2D eigenvalue weighted by Crippen LogP contribution is -2.35. The third-order valence-corrected chi connectivity index (χ3v) is 6.75. The fourth-order valence-electron chi connectivity index (χ4n) is 3.05. The molecule has 0 atom stereocenters. The molecule has 2 aromatic carbocycles. The van der Waals surface area contributed by atoms with Crippen molar-refractivity contribution in [3.63, 3.8) is 0 Å². The Balaban J connectivity index is 1.73. The number of carbonyl (C=O) groups is 1. The molecule has 0 spiro atoms. The highest BCUT2D eigenvalue weighted by molar-refractivity contribution is 7.89. The molecular weight excluding hydrogens is 348 g/mol. The second kappa shape index (κ2) is 7.60. The zero-order valence-corrected chi connectivity index (χ0v) is 16.0. The van der Waals surface area contributed by atoms with Crippen LogP contribution in [0.5, 0.6) is 0 Å². The molecule has 2 aromatic rings. The standard InChI is InChI=1S/C20H24N2O3S/c1-15-6-7-17(14-16(15)2)20(23)21-18-8-10-19(11-9-18)26(24,25)22-12-4-3-5-13-22/h6-11,14H,3-5,12-13H2,1-2H3,(H,21,23). The monoisotopic (exact) mass is 372 g/mol. The van der Waals surface area contributed by atoms with Gasteiger partial charge < -0.3 is 5.32 Å². The van der Waals surface area contributed by atoms with Crippen LogP contribution in [0.4, 0.5) is 5.69 Å². The highest BCUT2D eigenvalue weighted by Gasteiger charge is 2.25. The van der Waals surface area contributed by atoms with Gasteiger partial charge in [-0.25, -0.2) is 8.42 Å². The van der Waals surface area contributed by atoms with Crippen molar-refractivity contribution in [2.24, 2.45) is 0 Å². The van der Waals surface area contributed by atoms with E-state index in [2.05, 4.69) is 5.32 Å². The summed E-state index contributed by atoms with van der Waals surface area (Å²) in [5.74, 6) is -0.209. The van der Waals surface area contributed by atoms with Crippen molar-refractivity contribution >= 4 is 21.6 Å². The summed E-state index contributed by atoms with van der Waals surface area (Å²) in [6.07, 6.45) is 2.89. The molecule has 0 radical (unpaired) electrons. The van der Waals surface area contributed by atoms with Crippen LogP contribution < -0.4 is 5.32 Å². The Morgan fingerprint density at radius 2 is 1.58 bits per heavy atom. The number of benzene rings is 2. The average Bonchev–Trinajstić information content (AvgIpc) is 2.65. The molecule has 138 valence electrons. The molecule has 5 nitrogen and oxygen atoms in total. The van der Waals surface area contributed by atoms with Crippen molar-refractivity contribution in [1.82, 2.24) is 4.31 Å². The smallest absolute Gasteiger partial charge is 0.255 e. The van der Waals surface area contributed by atoms with Crippen molar-refractivity contribution in [2.45, 2.75) is 38.0 Å². The van der Waals surface area contributed by atoms with Gasteiger partial charge in [0, 0.05) is 24.3 Å². The molecule has 6 heteroatoms. The van der Waals surface area contributed by atoms with Gasteiger partial charge in [0.15, 0.2) is 0 Å². The summed E-state index contributed by atoms with van der Waals surface area (Å²) in [5.41, 5.74) is 3.35. The third kappa shape index (κ3) is 3.97.